The molecule has 0 aliphatic carbocycles. The minimum atomic E-state index is -0.232. The van der Waals surface area contributed by atoms with Crippen LogP contribution in [-0.4, -0.2) is 17.6 Å². The molecule has 0 unspecified atom stereocenters. The topological polar surface area (TPSA) is 53.0 Å². The van der Waals surface area contributed by atoms with E-state index in [2.05, 4.69) is 5.10 Å². The van der Waals surface area contributed by atoms with Gasteiger partial charge in [0.25, 0.3) is 5.91 Å². The molecule has 5 nitrogen and oxygen atoms in total. The molecule has 2 aromatic carbocycles. The van der Waals surface area contributed by atoms with Gasteiger partial charge < -0.3 is 0 Å². The molecule has 0 saturated carbocycles. The van der Waals surface area contributed by atoms with Crippen molar-refractivity contribution >= 4 is 29.0 Å². The number of nitrogens with zero attached hydrogens (tertiary/aromatic N) is 3. The number of amides is 2. The smallest absolute Gasteiger partial charge is 0.256 e. The van der Waals surface area contributed by atoms with E-state index in [1.165, 1.54) is 22.9 Å². The van der Waals surface area contributed by atoms with Gasteiger partial charge in [0.1, 0.15) is 0 Å². The van der Waals surface area contributed by atoms with Gasteiger partial charge in [-0.15, -0.1) is 5.10 Å². The lowest BCUT2D eigenvalue weighted by Crippen LogP contribution is -2.33. The first-order valence-corrected chi connectivity index (χ1v) is 7.18. The van der Waals surface area contributed by atoms with E-state index in [0.717, 1.165) is 0 Å². The van der Waals surface area contributed by atoms with Crippen molar-refractivity contribution < 1.29 is 9.59 Å². The van der Waals surface area contributed by atoms with Crippen LogP contribution in [0.5, 0.6) is 0 Å². The number of rotatable bonds is 3. The Morgan fingerprint density at radius 2 is 1.57 bits per heavy atom. The number of hydrogen-bond acceptors (Lipinski definition) is 3. The van der Waals surface area contributed by atoms with Gasteiger partial charge in [-0.3, -0.25) is 14.5 Å². The summed E-state index contributed by atoms with van der Waals surface area (Å²) in [5.41, 5.74) is 1.35. The summed E-state index contributed by atoms with van der Waals surface area (Å²) in [6.07, 6.45) is 3.04. The highest BCUT2D eigenvalue weighted by Crippen LogP contribution is 2.21. The molecule has 2 aromatic rings. The van der Waals surface area contributed by atoms with Crippen molar-refractivity contribution in [1.29, 1.82) is 0 Å². The number of amidine groups is 1. The largest absolute Gasteiger partial charge is 0.273 e. The van der Waals surface area contributed by atoms with E-state index in [1.54, 1.807) is 18.2 Å². The van der Waals surface area contributed by atoms with E-state index in [9.17, 15) is 9.59 Å². The van der Waals surface area contributed by atoms with Crippen LogP contribution in [0.3, 0.4) is 0 Å². The minimum Gasteiger partial charge on any atom is -0.273 e. The number of anilines is 2. The molecule has 2 amide bonds. The van der Waals surface area contributed by atoms with Crippen LogP contribution in [0.15, 0.2) is 77.9 Å². The van der Waals surface area contributed by atoms with Crippen molar-refractivity contribution in [2.75, 3.05) is 9.91 Å². The molecule has 0 atom stereocenters. The summed E-state index contributed by atoms with van der Waals surface area (Å²) in [6.45, 7) is 1.43. The quantitative estimate of drug-likeness (QED) is 0.819. The fourth-order valence-corrected chi connectivity index (χ4v) is 2.30. The molecular formula is C18H15N3O2. The predicted molar refractivity (Wildman–Crippen MR) is 90.1 cm³/mol. The van der Waals surface area contributed by atoms with E-state index in [4.69, 9.17) is 0 Å². The molecule has 0 N–H and O–H groups in total. The van der Waals surface area contributed by atoms with Crippen molar-refractivity contribution in [3.05, 3.63) is 72.8 Å². The van der Waals surface area contributed by atoms with Gasteiger partial charge in [-0.25, -0.2) is 0 Å². The lowest BCUT2D eigenvalue weighted by Gasteiger charge is -2.21. The van der Waals surface area contributed by atoms with Gasteiger partial charge in [0.15, 0.2) is 5.84 Å². The second kappa shape index (κ2) is 6.27. The average molecular weight is 305 g/mol. The summed E-state index contributed by atoms with van der Waals surface area (Å²) in [7, 11) is 0. The summed E-state index contributed by atoms with van der Waals surface area (Å²) in [5.74, 6) is -0.0174. The Morgan fingerprint density at radius 3 is 2.17 bits per heavy atom. The van der Waals surface area contributed by atoms with Gasteiger partial charge in [-0.1, -0.05) is 36.4 Å². The van der Waals surface area contributed by atoms with Crippen LogP contribution >= 0.6 is 0 Å². The predicted octanol–water partition coefficient (Wildman–Crippen LogP) is 2.96. The van der Waals surface area contributed by atoms with Crippen molar-refractivity contribution in [2.45, 2.75) is 6.92 Å². The van der Waals surface area contributed by atoms with Crippen LogP contribution < -0.4 is 9.91 Å². The molecule has 23 heavy (non-hydrogen) atoms. The van der Waals surface area contributed by atoms with E-state index in [-0.39, 0.29) is 11.8 Å². The van der Waals surface area contributed by atoms with Crippen LogP contribution in [0.2, 0.25) is 0 Å². The third-order valence-electron chi connectivity index (χ3n) is 3.34. The molecule has 0 saturated heterocycles. The number of carbonyl (C=O) groups excluding carboxylic acids is 2. The Morgan fingerprint density at radius 1 is 0.957 bits per heavy atom. The summed E-state index contributed by atoms with van der Waals surface area (Å²) in [5, 5.41) is 5.66. The summed E-state index contributed by atoms with van der Waals surface area (Å²) in [4.78, 5) is 25.5. The van der Waals surface area contributed by atoms with Crippen LogP contribution in [0.1, 0.15) is 6.92 Å². The Bertz CT molecular complexity index is 782. The van der Waals surface area contributed by atoms with Crippen molar-refractivity contribution in [2.24, 2.45) is 5.10 Å². The summed E-state index contributed by atoms with van der Waals surface area (Å²) >= 11 is 0. The summed E-state index contributed by atoms with van der Waals surface area (Å²) < 4.78 is 0. The molecule has 1 aliphatic rings. The molecule has 1 aliphatic heterocycles. The second-order valence-corrected chi connectivity index (χ2v) is 4.97. The molecular weight excluding hydrogens is 290 g/mol. The number of hydrogen-bond donors (Lipinski definition) is 0. The standard InChI is InChI=1S/C18H15N3O2/c1-14(22)21(16-10-6-3-7-11-16)19-17-12-13-18(23)20(17)15-8-4-2-5-9-15/h2-13H,1H3/b19-17+. The van der Waals surface area contributed by atoms with E-state index < -0.39 is 0 Å². The maximum Gasteiger partial charge on any atom is 0.256 e. The monoisotopic (exact) mass is 305 g/mol. The van der Waals surface area contributed by atoms with E-state index in [0.29, 0.717) is 17.2 Å². The zero-order valence-corrected chi connectivity index (χ0v) is 12.6. The zero-order valence-electron chi connectivity index (χ0n) is 12.6. The van der Waals surface area contributed by atoms with E-state index >= 15 is 0 Å². The normalized spacial score (nSPS) is 15.3. The van der Waals surface area contributed by atoms with Crippen molar-refractivity contribution in [3.63, 3.8) is 0 Å². The van der Waals surface area contributed by atoms with Gasteiger partial charge in [0.2, 0.25) is 5.91 Å². The third kappa shape index (κ3) is 3.03. The van der Waals surface area contributed by atoms with Gasteiger partial charge in [-0.05, 0) is 30.3 Å². The third-order valence-corrected chi connectivity index (χ3v) is 3.34. The summed E-state index contributed by atoms with van der Waals surface area (Å²) in [6, 6.07) is 18.3. The molecule has 1 heterocycles. The molecule has 5 heteroatoms. The van der Waals surface area contributed by atoms with Crippen molar-refractivity contribution in [1.82, 2.24) is 0 Å². The Kier molecular flexibility index (Phi) is 4.01. The maximum absolute atomic E-state index is 12.1. The number of carbonyl (C=O) groups is 2. The highest BCUT2D eigenvalue weighted by molar-refractivity contribution is 6.30. The number of benzene rings is 2. The van der Waals surface area contributed by atoms with Crippen LogP contribution in [0, 0.1) is 0 Å². The first kappa shape index (κ1) is 14.7. The van der Waals surface area contributed by atoms with Gasteiger partial charge in [0, 0.05) is 13.0 Å². The maximum atomic E-state index is 12.1. The minimum absolute atomic E-state index is 0.188. The van der Waals surface area contributed by atoms with E-state index in [1.807, 2.05) is 48.5 Å². The highest BCUT2D eigenvalue weighted by Gasteiger charge is 2.25. The second-order valence-electron chi connectivity index (χ2n) is 4.97. The van der Waals surface area contributed by atoms with Gasteiger partial charge in [0.05, 0.1) is 11.4 Å². The fourth-order valence-electron chi connectivity index (χ4n) is 2.30. The Labute approximate surface area is 134 Å². The van der Waals surface area contributed by atoms with Gasteiger partial charge in [-0.2, -0.15) is 5.01 Å². The lowest BCUT2D eigenvalue weighted by molar-refractivity contribution is -0.116. The SMILES string of the molecule is CC(=O)N(/N=C1\C=CC(=O)N1c1ccccc1)c1ccccc1. The fraction of sp³-hybridized carbons (Fsp3) is 0.0556. The van der Waals surface area contributed by atoms with Gasteiger partial charge >= 0.3 is 0 Å². The first-order valence-electron chi connectivity index (χ1n) is 7.18. The molecule has 0 aromatic heterocycles. The van der Waals surface area contributed by atoms with Crippen molar-refractivity contribution in [3.8, 4) is 0 Å². The molecule has 0 radical (unpaired) electrons. The molecule has 3 rings (SSSR count). The molecule has 0 fully saturated rings. The van der Waals surface area contributed by atoms with Crippen LogP contribution in [0.25, 0.3) is 0 Å². The Balaban J connectivity index is 2.00. The number of hydrazone groups is 1. The average Bonchev–Trinajstić information content (AvgIpc) is 2.94. The molecule has 114 valence electrons. The lowest BCUT2D eigenvalue weighted by atomic mass is 10.3. The first-order chi connectivity index (χ1) is 11.2. The zero-order chi connectivity index (χ0) is 16.2. The Hall–Kier alpha value is -3.21. The van der Waals surface area contributed by atoms with Crippen LogP contribution in [-0.2, 0) is 9.59 Å². The molecule has 0 bridgehead atoms. The molecule has 0 spiro atoms. The number of para-hydroxylation sites is 2. The van der Waals surface area contributed by atoms with Crippen LogP contribution in [0.4, 0.5) is 11.4 Å². The highest BCUT2D eigenvalue weighted by atomic mass is 16.2.